The molecule has 132 valence electrons. The van der Waals surface area contributed by atoms with Crippen molar-refractivity contribution < 1.29 is 14.3 Å². The smallest absolute Gasteiger partial charge is 0.270 e. The lowest BCUT2D eigenvalue weighted by molar-refractivity contribution is 0.0633. The van der Waals surface area contributed by atoms with Crippen LogP contribution in [-0.2, 0) is 0 Å². The van der Waals surface area contributed by atoms with E-state index in [9.17, 15) is 14.4 Å². The first-order valence-electron chi connectivity index (χ1n) is 8.15. The highest BCUT2D eigenvalue weighted by Crippen LogP contribution is 2.26. The normalized spacial score (nSPS) is 17.4. The molecule has 1 N–H and O–H groups in total. The molecule has 2 aromatic rings. The van der Waals surface area contributed by atoms with Crippen molar-refractivity contribution in [3.8, 4) is 5.75 Å². The molecule has 3 heterocycles. The first-order valence-corrected chi connectivity index (χ1v) is 9.03. The number of aryl methyl sites for hydroxylation is 1. The Morgan fingerprint density at radius 1 is 1.40 bits per heavy atom. The molecule has 6 nitrogen and oxygen atoms in total. The molecule has 7 heteroatoms. The fourth-order valence-corrected chi connectivity index (χ4v) is 4.04. The Morgan fingerprint density at radius 2 is 2.20 bits per heavy atom. The van der Waals surface area contributed by atoms with E-state index in [0.717, 1.165) is 23.3 Å². The lowest BCUT2D eigenvalue weighted by atomic mass is 9.92. The summed E-state index contributed by atoms with van der Waals surface area (Å²) < 4.78 is 4.91. The minimum Gasteiger partial charge on any atom is -0.491 e. The number of methoxy groups -OCH3 is 1. The van der Waals surface area contributed by atoms with Crippen LogP contribution in [0.2, 0.25) is 0 Å². The number of nitrogens with one attached hydrogen (secondary N) is 1. The summed E-state index contributed by atoms with van der Waals surface area (Å²) in [6, 6.07) is 3.18. The monoisotopic (exact) mass is 360 g/mol. The SMILES string of the molecule is COc1c[nH]c(C(=O)N2CCC[C@H](C(=O)c3sccc3C)C2)cc1=O. The van der Waals surface area contributed by atoms with Crippen LogP contribution >= 0.6 is 11.3 Å². The molecular weight excluding hydrogens is 340 g/mol. The third-order valence-corrected chi connectivity index (χ3v) is 5.52. The molecule has 0 bridgehead atoms. The second-order valence-electron chi connectivity index (χ2n) is 6.17. The number of pyridine rings is 1. The highest BCUT2D eigenvalue weighted by Gasteiger charge is 2.31. The van der Waals surface area contributed by atoms with E-state index in [1.807, 2.05) is 18.4 Å². The van der Waals surface area contributed by atoms with Gasteiger partial charge < -0.3 is 14.6 Å². The molecule has 0 radical (unpaired) electrons. The van der Waals surface area contributed by atoms with Gasteiger partial charge in [-0.1, -0.05) is 0 Å². The first-order chi connectivity index (χ1) is 12.0. The third-order valence-electron chi connectivity index (χ3n) is 4.49. The maximum Gasteiger partial charge on any atom is 0.270 e. The Kier molecular flexibility index (Phi) is 5.03. The van der Waals surface area contributed by atoms with E-state index in [4.69, 9.17) is 4.74 Å². The Balaban J connectivity index is 1.76. The van der Waals surface area contributed by atoms with Gasteiger partial charge in [0.05, 0.1) is 12.0 Å². The molecule has 1 aliphatic rings. The maximum atomic E-state index is 12.7. The minimum absolute atomic E-state index is 0.105. The quantitative estimate of drug-likeness (QED) is 0.850. The zero-order valence-electron chi connectivity index (χ0n) is 14.2. The molecule has 1 fully saturated rings. The van der Waals surface area contributed by atoms with Crippen LogP contribution in [-0.4, -0.2) is 41.8 Å². The summed E-state index contributed by atoms with van der Waals surface area (Å²) >= 11 is 1.45. The number of likely N-dealkylation sites (tertiary alicyclic amines) is 1. The molecule has 0 saturated carbocycles. The topological polar surface area (TPSA) is 79.5 Å². The van der Waals surface area contributed by atoms with Crippen molar-refractivity contribution in [2.24, 2.45) is 5.92 Å². The van der Waals surface area contributed by atoms with Crippen molar-refractivity contribution in [2.45, 2.75) is 19.8 Å². The predicted molar refractivity (Wildman–Crippen MR) is 95.6 cm³/mol. The predicted octanol–water partition coefficient (Wildman–Crippen LogP) is 2.49. The van der Waals surface area contributed by atoms with Crippen molar-refractivity contribution >= 4 is 23.0 Å². The highest BCUT2D eigenvalue weighted by atomic mass is 32.1. The van der Waals surface area contributed by atoms with E-state index >= 15 is 0 Å². The molecule has 1 atom stereocenters. The van der Waals surface area contributed by atoms with Crippen molar-refractivity contribution in [3.05, 3.63) is 50.1 Å². The van der Waals surface area contributed by atoms with Gasteiger partial charge in [-0.05, 0) is 36.8 Å². The molecule has 3 rings (SSSR count). The standard InChI is InChI=1S/C18H20N2O4S/c1-11-5-7-25-17(11)16(22)12-4-3-6-20(10-12)18(23)13-8-14(21)15(24-2)9-19-13/h5,7-9,12H,3-4,6,10H2,1-2H3,(H,19,21)/t12-/m0/s1. The number of Topliss-reactive ketones (excluding diaryl/α,β-unsaturated/α-hetero) is 1. The Labute approximate surface area is 149 Å². The van der Waals surface area contributed by atoms with Crippen LogP contribution in [0.5, 0.6) is 5.75 Å². The van der Waals surface area contributed by atoms with Crippen LogP contribution in [0, 0.1) is 12.8 Å². The summed E-state index contributed by atoms with van der Waals surface area (Å²) in [5, 5.41) is 1.91. The van der Waals surface area contributed by atoms with Crippen LogP contribution in [0.4, 0.5) is 0 Å². The van der Waals surface area contributed by atoms with Gasteiger partial charge in [-0.2, -0.15) is 0 Å². The lowest BCUT2D eigenvalue weighted by Crippen LogP contribution is -2.42. The van der Waals surface area contributed by atoms with Gasteiger partial charge in [0.15, 0.2) is 11.5 Å². The largest absolute Gasteiger partial charge is 0.491 e. The summed E-state index contributed by atoms with van der Waals surface area (Å²) in [4.78, 5) is 42.5. The number of hydrogen-bond acceptors (Lipinski definition) is 5. The van der Waals surface area contributed by atoms with Crippen molar-refractivity contribution in [1.29, 1.82) is 0 Å². The van der Waals surface area contributed by atoms with E-state index in [1.165, 1.54) is 30.7 Å². The first kappa shape index (κ1) is 17.4. The number of amides is 1. The lowest BCUT2D eigenvalue weighted by Gasteiger charge is -2.31. The molecule has 0 aliphatic carbocycles. The number of rotatable bonds is 4. The average molecular weight is 360 g/mol. The van der Waals surface area contributed by atoms with E-state index in [0.29, 0.717) is 13.1 Å². The highest BCUT2D eigenvalue weighted by molar-refractivity contribution is 7.12. The number of aromatic nitrogens is 1. The van der Waals surface area contributed by atoms with Crippen molar-refractivity contribution in [2.75, 3.05) is 20.2 Å². The Hall–Kier alpha value is -2.41. The summed E-state index contributed by atoms with van der Waals surface area (Å²) in [6.07, 6.45) is 2.93. The van der Waals surface area contributed by atoms with Crippen LogP contribution in [0.25, 0.3) is 0 Å². The number of aromatic amines is 1. The Morgan fingerprint density at radius 3 is 2.84 bits per heavy atom. The third kappa shape index (κ3) is 3.51. The van der Waals surface area contributed by atoms with Crippen LogP contribution in [0.1, 0.15) is 38.6 Å². The number of nitrogens with zero attached hydrogens (tertiary/aromatic N) is 1. The summed E-state index contributed by atoms with van der Waals surface area (Å²) in [5.74, 6) is -0.190. The molecule has 2 aromatic heterocycles. The molecular formula is C18H20N2O4S. The number of H-pyrrole nitrogens is 1. The van der Waals surface area contributed by atoms with Crippen molar-refractivity contribution in [1.82, 2.24) is 9.88 Å². The number of ether oxygens (including phenoxy) is 1. The zero-order valence-corrected chi connectivity index (χ0v) is 15.0. The number of carbonyl (C=O) groups excluding carboxylic acids is 2. The van der Waals surface area contributed by atoms with Gasteiger partial charge in [-0.15, -0.1) is 11.3 Å². The fourth-order valence-electron chi connectivity index (χ4n) is 3.10. The molecule has 0 aromatic carbocycles. The average Bonchev–Trinajstić information content (AvgIpc) is 3.06. The summed E-state index contributed by atoms with van der Waals surface area (Å²) in [6.45, 7) is 2.89. The molecule has 0 unspecified atom stereocenters. The van der Waals surface area contributed by atoms with Gasteiger partial charge in [-0.25, -0.2) is 0 Å². The molecule has 1 amide bonds. The van der Waals surface area contributed by atoms with E-state index in [1.54, 1.807) is 4.90 Å². The number of thiophene rings is 1. The van der Waals surface area contributed by atoms with E-state index in [-0.39, 0.29) is 34.5 Å². The van der Waals surface area contributed by atoms with E-state index < -0.39 is 0 Å². The molecule has 1 saturated heterocycles. The number of hydrogen-bond donors (Lipinski definition) is 1. The molecule has 0 spiro atoms. The van der Waals surface area contributed by atoms with Gasteiger partial charge in [0.25, 0.3) is 5.91 Å². The van der Waals surface area contributed by atoms with Crippen LogP contribution < -0.4 is 10.2 Å². The second kappa shape index (κ2) is 7.23. The number of carbonyl (C=O) groups is 2. The van der Waals surface area contributed by atoms with Gasteiger partial charge >= 0.3 is 0 Å². The fraction of sp³-hybridized carbons (Fsp3) is 0.389. The van der Waals surface area contributed by atoms with Gasteiger partial charge in [0.1, 0.15) is 5.69 Å². The maximum absolute atomic E-state index is 12.7. The minimum atomic E-state index is -0.344. The number of ketones is 1. The second-order valence-corrected chi connectivity index (χ2v) is 7.08. The van der Waals surface area contributed by atoms with Crippen LogP contribution in [0.3, 0.4) is 0 Å². The summed E-state index contributed by atoms with van der Waals surface area (Å²) in [5.41, 5.74) is 0.854. The van der Waals surface area contributed by atoms with Gasteiger partial charge in [-0.3, -0.25) is 14.4 Å². The van der Waals surface area contributed by atoms with Gasteiger partial charge in [0, 0.05) is 31.3 Å². The Bertz CT molecular complexity index is 855. The molecule has 1 aliphatic heterocycles. The number of piperidine rings is 1. The van der Waals surface area contributed by atoms with E-state index in [2.05, 4.69) is 4.98 Å². The van der Waals surface area contributed by atoms with Crippen LogP contribution in [0.15, 0.2) is 28.5 Å². The molecule has 25 heavy (non-hydrogen) atoms. The zero-order chi connectivity index (χ0) is 18.0. The van der Waals surface area contributed by atoms with Gasteiger partial charge in [0.2, 0.25) is 5.43 Å². The van der Waals surface area contributed by atoms with Crippen molar-refractivity contribution in [3.63, 3.8) is 0 Å². The summed E-state index contributed by atoms with van der Waals surface area (Å²) in [7, 11) is 1.40.